The van der Waals surface area contributed by atoms with Gasteiger partial charge in [0.15, 0.2) is 16.6 Å². The summed E-state index contributed by atoms with van der Waals surface area (Å²) in [4.78, 5) is 13.1. The van der Waals surface area contributed by atoms with Crippen molar-refractivity contribution in [3.8, 4) is 0 Å². The second-order valence-corrected chi connectivity index (χ2v) is 27.9. The number of hydrogen-bond donors (Lipinski definition) is 0. The number of rotatable bonds is 17. The summed E-state index contributed by atoms with van der Waals surface area (Å²) in [6.07, 6.45) is 1.10. The van der Waals surface area contributed by atoms with Crippen molar-refractivity contribution in [3.63, 3.8) is 0 Å². The van der Waals surface area contributed by atoms with Gasteiger partial charge in [-0.3, -0.25) is 4.79 Å². The monoisotopic (exact) mass is 670 g/mol. The third-order valence-electron chi connectivity index (χ3n) is 11.2. The Morgan fingerprint density at radius 3 is 1.44 bits per heavy atom. The largest absolute Gasteiger partial charge is 0.469 e. The predicted molar refractivity (Wildman–Crippen MR) is 196 cm³/mol. The smallest absolute Gasteiger partial charge is 0.305 e. The molecule has 0 heterocycles. The number of ether oxygens (including phenoxy) is 1. The Balaban J connectivity index is 2.17. The van der Waals surface area contributed by atoms with E-state index >= 15 is 0 Å². The lowest BCUT2D eigenvalue weighted by Crippen LogP contribution is -2.67. The minimum absolute atomic E-state index is 0.00773. The molecular formula is C37H62O5Si3. The minimum Gasteiger partial charge on any atom is -0.469 e. The molecular weight excluding hydrogens is 609 g/mol. The molecule has 45 heavy (non-hydrogen) atoms. The molecule has 0 spiro atoms. The summed E-state index contributed by atoms with van der Waals surface area (Å²) in [6.45, 7) is 21.2. The lowest BCUT2D eigenvalue weighted by molar-refractivity contribution is -0.143. The van der Waals surface area contributed by atoms with Gasteiger partial charge in [0.25, 0.3) is 8.32 Å². The number of esters is 1. The van der Waals surface area contributed by atoms with Crippen LogP contribution in [0.15, 0.2) is 60.7 Å². The van der Waals surface area contributed by atoms with Gasteiger partial charge in [0.1, 0.15) is 0 Å². The average molecular weight is 671 g/mol. The van der Waals surface area contributed by atoms with Gasteiger partial charge in [-0.15, -0.1) is 0 Å². The van der Waals surface area contributed by atoms with Crippen molar-refractivity contribution in [1.82, 2.24) is 0 Å². The topological polar surface area (TPSA) is 54.0 Å². The maximum Gasteiger partial charge on any atom is 0.305 e. The van der Waals surface area contributed by atoms with E-state index in [0.29, 0.717) is 13.0 Å². The molecule has 0 aromatic heterocycles. The van der Waals surface area contributed by atoms with E-state index in [1.165, 1.54) is 17.5 Å². The Kier molecular flexibility index (Phi) is 13.9. The summed E-state index contributed by atoms with van der Waals surface area (Å²) in [5.41, 5.74) is 0. The number of methoxy groups -OCH3 is 1. The summed E-state index contributed by atoms with van der Waals surface area (Å²) in [5, 5.41) is 2.40. The highest BCUT2D eigenvalue weighted by molar-refractivity contribution is 6.99. The number of hydrogen-bond acceptors (Lipinski definition) is 5. The van der Waals surface area contributed by atoms with Crippen molar-refractivity contribution in [2.45, 2.75) is 129 Å². The number of carbonyl (C=O) groups is 1. The molecule has 0 bridgehead atoms. The van der Waals surface area contributed by atoms with Gasteiger partial charge in [-0.05, 0) is 58.1 Å². The average Bonchev–Trinajstić information content (AvgIpc) is 3.37. The SMILES string of the molecule is CC[Si](CC)(CC)O[C@H]1C[C@@H](O[Si](CC)(CC)CC)[C@H](CC(=O)OC)[C@H]1CO[Si](c1ccccc1)(c1ccccc1)C(C)(C)C. The molecule has 0 aliphatic heterocycles. The Labute approximate surface area is 278 Å². The highest BCUT2D eigenvalue weighted by Gasteiger charge is 2.54. The number of benzene rings is 2. The van der Waals surface area contributed by atoms with Crippen LogP contribution in [-0.4, -0.2) is 56.8 Å². The lowest BCUT2D eigenvalue weighted by atomic mass is 9.91. The zero-order chi connectivity index (χ0) is 33.3. The normalized spacial score (nSPS) is 21.2. The van der Waals surface area contributed by atoms with Crippen molar-refractivity contribution in [3.05, 3.63) is 60.7 Å². The second kappa shape index (κ2) is 16.5. The molecule has 0 unspecified atom stereocenters. The van der Waals surface area contributed by atoms with Crippen LogP contribution in [0, 0.1) is 11.8 Å². The summed E-state index contributed by atoms with van der Waals surface area (Å²) in [7, 11) is -5.20. The van der Waals surface area contributed by atoms with Crippen LogP contribution in [-0.2, 0) is 22.8 Å². The van der Waals surface area contributed by atoms with Crippen LogP contribution in [0.3, 0.4) is 0 Å². The molecule has 4 atom stereocenters. The summed E-state index contributed by atoms with van der Waals surface area (Å²) in [5.74, 6) is -0.162. The van der Waals surface area contributed by atoms with E-state index in [4.69, 9.17) is 18.0 Å². The molecule has 1 aliphatic rings. The molecule has 252 valence electrons. The highest BCUT2D eigenvalue weighted by atomic mass is 28.4. The van der Waals surface area contributed by atoms with Gasteiger partial charge in [0.05, 0.1) is 25.7 Å². The van der Waals surface area contributed by atoms with Crippen molar-refractivity contribution in [1.29, 1.82) is 0 Å². The van der Waals surface area contributed by atoms with E-state index in [0.717, 1.165) is 42.7 Å². The first-order valence-corrected chi connectivity index (χ1v) is 24.6. The van der Waals surface area contributed by atoms with E-state index in [9.17, 15) is 4.79 Å². The molecule has 8 heteroatoms. The highest BCUT2D eigenvalue weighted by Crippen LogP contribution is 2.45. The molecule has 0 saturated heterocycles. The molecule has 3 rings (SSSR count). The third-order valence-corrected chi connectivity index (χ3v) is 25.5. The third kappa shape index (κ3) is 8.30. The van der Waals surface area contributed by atoms with Gasteiger partial charge in [-0.2, -0.15) is 0 Å². The Morgan fingerprint density at radius 2 is 1.09 bits per heavy atom. The molecule has 2 aromatic rings. The first kappa shape index (κ1) is 37.9. The fraction of sp³-hybridized carbons (Fsp3) is 0.649. The van der Waals surface area contributed by atoms with Gasteiger partial charge in [-0.1, -0.05) is 123 Å². The first-order chi connectivity index (χ1) is 21.4. The van der Waals surface area contributed by atoms with E-state index in [1.807, 2.05) is 0 Å². The Morgan fingerprint density at radius 1 is 0.689 bits per heavy atom. The first-order valence-electron chi connectivity index (χ1n) is 17.6. The van der Waals surface area contributed by atoms with Gasteiger partial charge >= 0.3 is 5.97 Å². The predicted octanol–water partition coefficient (Wildman–Crippen LogP) is 8.54. The van der Waals surface area contributed by atoms with Gasteiger partial charge < -0.3 is 18.0 Å². The molecule has 2 aromatic carbocycles. The molecule has 0 amide bonds. The summed E-state index contributed by atoms with van der Waals surface area (Å²) in [6, 6.07) is 28.2. The lowest BCUT2D eigenvalue weighted by Gasteiger charge is -2.44. The Bertz CT molecular complexity index is 1110. The van der Waals surface area contributed by atoms with Gasteiger partial charge in [0.2, 0.25) is 0 Å². The fourth-order valence-corrected chi connectivity index (χ4v) is 18.2. The molecule has 0 N–H and O–H groups in total. The van der Waals surface area contributed by atoms with Crippen molar-refractivity contribution >= 4 is 41.3 Å². The van der Waals surface area contributed by atoms with E-state index < -0.39 is 25.0 Å². The van der Waals surface area contributed by atoms with Crippen LogP contribution < -0.4 is 10.4 Å². The van der Waals surface area contributed by atoms with Crippen LogP contribution >= 0.6 is 0 Å². The van der Waals surface area contributed by atoms with Crippen LogP contribution in [0.1, 0.15) is 75.2 Å². The summed E-state index contributed by atoms with van der Waals surface area (Å²) < 4.78 is 27.5. The van der Waals surface area contributed by atoms with E-state index in [1.54, 1.807) is 0 Å². The minimum atomic E-state index is -2.79. The van der Waals surface area contributed by atoms with Crippen molar-refractivity contribution in [2.24, 2.45) is 11.8 Å². The van der Waals surface area contributed by atoms with Crippen molar-refractivity contribution in [2.75, 3.05) is 13.7 Å². The number of carbonyl (C=O) groups excluding carboxylic acids is 1. The summed E-state index contributed by atoms with van der Waals surface area (Å²) >= 11 is 0. The van der Waals surface area contributed by atoms with E-state index in [2.05, 4.69) is 123 Å². The van der Waals surface area contributed by atoms with Gasteiger partial charge in [0, 0.05) is 18.4 Å². The molecule has 1 aliphatic carbocycles. The van der Waals surface area contributed by atoms with Crippen LogP contribution in [0.5, 0.6) is 0 Å². The molecule has 5 nitrogen and oxygen atoms in total. The fourth-order valence-electron chi connectivity index (χ4n) is 7.82. The maximum atomic E-state index is 13.1. The Hall–Kier alpha value is -1.56. The standard InChI is InChI=1S/C37H62O5Si3/c1-11-43(12-2,13-3)41-34-28-35(42-44(14-4,15-5)16-6)33(32(34)27-36(38)39-10)29-40-45(37(7,8)9,30-23-19-17-20-24-30)31-25-21-18-22-26-31/h17-26,32-35H,11-16,27-29H2,1-10H3/t32-,33-,34-,35+/m1/s1. The van der Waals surface area contributed by atoms with Crippen molar-refractivity contribution < 1.29 is 22.8 Å². The molecule has 1 fully saturated rings. The molecule has 0 radical (unpaired) electrons. The second-order valence-electron chi connectivity index (χ2n) is 14.1. The zero-order valence-corrected chi connectivity index (χ0v) is 33.0. The van der Waals surface area contributed by atoms with E-state index in [-0.39, 0.29) is 35.1 Å². The van der Waals surface area contributed by atoms with Crippen LogP contribution in [0.25, 0.3) is 0 Å². The molecule has 1 saturated carbocycles. The van der Waals surface area contributed by atoms with Crippen LogP contribution in [0.4, 0.5) is 0 Å². The van der Waals surface area contributed by atoms with Crippen LogP contribution in [0.2, 0.25) is 41.3 Å². The maximum absolute atomic E-state index is 13.1. The van der Waals surface area contributed by atoms with Gasteiger partial charge in [-0.25, -0.2) is 0 Å². The zero-order valence-electron chi connectivity index (χ0n) is 30.0. The quantitative estimate of drug-likeness (QED) is 0.125.